The Bertz CT molecular complexity index is 980. The molecule has 4 rings (SSSR count). The van der Waals surface area contributed by atoms with Crippen molar-refractivity contribution in [3.63, 3.8) is 0 Å². The van der Waals surface area contributed by atoms with Crippen LogP contribution in [0.4, 0.5) is 0 Å². The van der Waals surface area contributed by atoms with E-state index in [4.69, 9.17) is 9.15 Å². The number of hydrogen-bond donors (Lipinski definition) is 0. The fourth-order valence-corrected chi connectivity index (χ4v) is 3.45. The summed E-state index contributed by atoms with van der Waals surface area (Å²) in [6.07, 6.45) is 1.96. The zero-order valence-corrected chi connectivity index (χ0v) is 14.3. The Morgan fingerprint density at radius 1 is 1.12 bits per heavy atom. The van der Waals surface area contributed by atoms with Crippen molar-refractivity contribution in [3.8, 4) is 5.75 Å². The van der Waals surface area contributed by atoms with Crippen LogP contribution in [0.15, 0.2) is 69.9 Å². The summed E-state index contributed by atoms with van der Waals surface area (Å²) in [5.74, 6) is 0.474. The number of carbonyl (C=O) groups excluding carboxylic acids is 1. The molecule has 0 saturated carbocycles. The van der Waals surface area contributed by atoms with Crippen molar-refractivity contribution in [1.29, 1.82) is 0 Å². The lowest BCUT2D eigenvalue weighted by atomic mass is 10.0. The van der Waals surface area contributed by atoms with Crippen molar-refractivity contribution in [2.45, 2.75) is 18.9 Å². The quantitative estimate of drug-likeness (QED) is 0.676. The third-order valence-corrected chi connectivity index (χ3v) is 4.71. The summed E-state index contributed by atoms with van der Waals surface area (Å²) in [5.41, 5.74) is 1.20. The molecule has 1 aromatic heterocycles. The van der Waals surface area contributed by atoms with Crippen LogP contribution < -0.4 is 10.4 Å². The van der Waals surface area contributed by atoms with Gasteiger partial charge in [0.15, 0.2) is 6.61 Å². The average Bonchev–Trinajstić information content (AvgIpc) is 3.16. The van der Waals surface area contributed by atoms with E-state index in [9.17, 15) is 9.59 Å². The maximum Gasteiger partial charge on any atom is 0.336 e. The van der Waals surface area contributed by atoms with Crippen LogP contribution >= 0.6 is 0 Å². The van der Waals surface area contributed by atoms with Crippen LogP contribution in [0.5, 0.6) is 5.75 Å². The van der Waals surface area contributed by atoms with Gasteiger partial charge in [-0.2, -0.15) is 0 Å². The van der Waals surface area contributed by atoms with E-state index < -0.39 is 5.63 Å². The molecule has 2 aromatic carbocycles. The SMILES string of the molecule is O=C(COc1ccc2ccc(=O)oc2c1)N1CCCC1c1ccccc1. The van der Waals surface area contributed by atoms with Crippen LogP contribution in [-0.2, 0) is 4.79 Å². The Morgan fingerprint density at radius 3 is 2.77 bits per heavy atom. The van der Waals surface area contributed by atoms with Gasteiger partial charge in [-0.05, 0) is 36.6 Å². The molecule has 1 fully saturated rings. The maximum absolute atomic E-state index is 12.6. The van der Waals surface area contributed by atoms with Gasteiger partial charge in [0.2, 0.25) is 0 Å². The number of carbonyl (C=O) groups is 1. The van der Waals surface area contributed by atoms with E-state index in [0.717, 1.165) is 30.3 Å². The standard InChI is InChI=1S/C21H19NO4/c23-20(22-12-4-7-18(22)15-5-2-1-3-6-15)14-25-17-10-8-16-9-11-21(24)26-19(16)13-17/h1-3,5-6,8-11,13,18H,4,7,12,14H2. The van der Waals surface area contributed by atoms with Crippen molar-refractivity contribution in [2.24, 2.45) is 0 Å². The summed E-state index contributed by atoms with van der Waals surface area (Å²) >= 11 is 0. The molecule has 1 amide bonds. The number of hydrogen-bond acceptors (Lipinski definition) is 4. The highest BCUT2D eigenvalue weighted by Crippen LogP contribution is 2.31. The lowest BCUT2D eigenvalue weighted by Gasteiger charge is -2.25. The second-order valence-corrected chi connectivity index (χ2v) is 6.40. The highest BCUT2D eigenvalue weighted by atomic mass is 16.5. The van der Waals surface area contributed by atoms with E-state index in [-0.39, 0.29) is 18.6 Å². The number of benzene rings is 2. The van der Waals surface area contributed by atoms with Gasteiger partial charge in [0.05, 0.1) is 6.04 Å². The number of ether oxygens (including phenoxy) is 1. The van der Waals surface area contributed by atoms with Crippen molar-refractivity contribution < 1.29 is 13.9 Å². The minimum atomic E-state index is -0.409. The Kier molecular flexibility index (Phi) is 4.44. The Morgan fingerprint density at radius 2 is 1.92 bits per heavy atom. The molecule has 26 heavy (non-hydrogen) atoms. The van der Waals surface area contributed by atoms with Gasteiger partial charge in [-0.15, -0.1) is 0 Å². The zero-order valence-electron chi connectivity index (χ0n) is 14.3. The highest BCUT2D eigenvalue weighted by Gasteiger charge is 2.29. The predicted molar refractivity (Wildman–Crippen MR) is 98.1 cm³/mol. The van der Waals surface area contributed by atoms with Gasteiger partial charge in [-0.1, -0.05) is 30.3 Å². The molecule has 1 unspecified atom stereocenters. The van der Waals surface area contributed by atoms with Crippen molar-refractivity contribution in [1.82, 2.24) is 4.90 Å². The molecule has 1 aliphatic rings. The molecule has 0 radical (unpaired) electrons. The van der Waals surface area contributed by atoms with Gasteiger partial charge in [0.1, 0.15) is 11.3 Å². The Hall–Kier alpha value is -3.08. The molecule has 3 aromatic rings. The van der Waals surface area contributed by atoms with Crippen LogP contribution in [0.3, 0.4) is 0 Å². The van der Waals surface area contributed by atoms with E-state index in [0.29, 0.717) is 11.3 Å². The minimum absolute atomic E-state index is 0.0358. The molecule has 5 heteroatoms. The van der Waals surface area contributed by atoms with Gasteiger partial charge in [0, 0.05) is 24.1 Å². The molecule has 0 bridgehead atoms. The molecule has 0 aliphatic carbocycles. The third-order valence-electron chi connectivity index (χ3n) is 4.71. The largest absolute Gasteiger partial charge is 0.484 e. The second-order valence-electron chi connectivity index (χ2n) is 6.40. The van der Waals surface area contributed by atoms with Gasteiger partial charge in [0.25, 0.3) is 5.91 Å². The van der Waals surface area contributed by atoms with Crippen LogP contribution in [0.1, 0.15) is 24.4 Å². The van der Waals surface area contributed by atoms with E-state index >= 15 is 0 Å². The van der Waals surface area contributed by atoms with Crippen LogP contribution in [0, 0.1) is 0 Å². The van der Waals surface area contributed by atoms with E-state index in [2.05, 4.69) is 12.1 Å². The molecule has 5 nitrogen and oxygen atoms in total. The molecule has 0 N–H and O–H groups in total. The van der Waals surface area contributed by atoms with Crippen LogP contribution in [0.25, 0.3) is 11.0 Å². The zero-order chi connectivity index (χ0) is 17.9. The molecular formula is C21H19NO4. The lowest BCUT2D eigenvalue weighted by molar-refractivity contribution is -0.134. The topological polar surface area (TPSA) is 59.8 Å². The minimum Gasteiger partial charge on any atom is -0.484 e. The first kappa shape index (κ1) is 16.4. The predicted octanol–water partition coefficient (Wildman–Crippen LogP) is 3.54. The van der Waals surface area contributed by atoms with Crippen molar-refractivity contribution >= 4 is 16.9 Å². The maximum atomic E-state index is 12.6. The smallest absolute Gasteiger partial charge is 0.336 e. The lowest BCUT2D eigenvalue weighted by Crippen LogP contribution is -2.34. The van der Waals surface area contributed by atoms with Gasteiger partial charge in [-0.3, -0.25) is 4.79 Å². The van der Waals surface area contributed by atoms with Gasteiger partial charge < -0.3 is 14.1 Å². The molecule has 2 heterocycles. The summed E-state index contributed by atoms with van der Waals surface area (Å²) in [6.45, 7) is 0.709. The fourth-order valence-electron chi connectivity index (χ4n) is 3.45. The number of likely N-dealkylation sites (tertiary alicyclic amines) is 1. The van der Waals surface area contributed by atoms with Crippen molar-refractivity contribution in [2.75, 3.05) is 13.2 Å². The molecule has 1 atom stereocenters. The summed E-state index contributed by atoms with van der Waals surface area (Å²) in [6, 6.07) is 18.5. The van der Waals surface area contributed by atoms with E-state index in [1.54, 1.807) is 24.3 Å². The van der Waals surface area contributed by atoms with E-state index in [1.165, 1.54) is 6.07 Å². The summed E-state index contributed by atoms with van der Waals surface area (Å²) in [4.78, 5) is 25.9. The third kappa shape index (κ3) is 3.33. The van der Waals surface area contributed by atoms with Gasteiger partial charge in [-0.25, -0.2) is 4.79 Å². The number of nitrogens with zero attached hydrogens (tertiary/aromatic N) is 1. The number of fused-ring (bicyclic) bond motifs is 1. The normalized spacial score (nSPS) is 16.8. The van der Waals surface area contributed by atoms with E-state index in [1.807, 2.05) is 23.1 Å². The molecular weight excluding hydrogens is 330 g/mol. The van der Waals surface area contributed by atoms with Crippen LogP contribution in [-0.4, -0.2) is 24.0 Å². The summed E-state index contributed by atoms with van der Waals surface area (Å²) < 4.78 is 10.8. The van der Waals surface area contributed by atoms with Crippen molar-refractivity contribution in [3.05, 3.63) is 76.6 Å². The molecule has 1 aliphatic heterocycles. The van der Waals surface area contributed by atoms with Gasteiger partial charge >= 0.3 is 5.63 Å². The second kappa shape index (κ2) is 7.04. The first-order valence-corrected chi connectivity index (χ1v) is 8.72. The Labute approximate surface area is 150 Å². The average molecular weight is 349 g/mol. The number of rotatable bonds is 4. The summed E-state index contributed by atoms with van der Waals surface area (Å²) in [7, 11) is 0. The molecule has 1 saturated heterocycles. The Balaban J connectivity index is 1.46. The monoisotopic (exact) mass is 349 g/mol. The number of amides is 1. The molecule has 132 valence electrons. The molecule has 0 spiro atoms. The first-order valence-electron chi connectivity index (χ1n) is 8.72. The van der Waals surface area contributed by atoms with Crippen LogP contribution in [0.2, 0.25) is 0 Å². The fraction of sp³-hybridized carbons (Fsp3) is 0.238. The highest BCUT2D eigenvalue weighted by molar-refractivity contribution is 5.80. The first-order chi connectivity index (χ1) is 12.7. The summed E-state index contributed by atoms with van der Waals surface area (Å²) in [5, 5.41) is 0.812.